The van der Waals surface area contributed by atoms with Gasteiger partial charge in [0.15, 0.2) is 0 Å². The summed E-state index contributed by atoms with van der Waals surface area (Å²) in [5, 5.41) is 0. The Labute approximate surface area is 141 Å². The standard InChI is InChI=1S/C19H22FN3O/c1-13-21-7-9-23(13)16-6-3-8-22(12-16)19(24)18-11-17(18)14-4-2-5-15(20)10-14/h2,4-5,7,9-10,16-18H,3,6,8,11-12H2,1H3. The van der Waals surface area contributed by atoms with Crippen LogP contribution in [-0.2, 0) is 4.79 Å². The zero-order chi connectivity index (χ0) is 16.7. The molecule has 0 N–H and O–H groups in total. The van der Waals surface area contributed by atoms with Gasteiger partial charge in [0.2, 0.25) is 5.91 Å². The molecule has 2 aromatic rings. The Bertz CT molecular complexity index is 757. The summed E-state index contributed by atoms with van der Waals surface area (Å²) in [5.41, 5.74) is 0.951. The third-order valence-corrected chi connectivity index (χ3v) is 5.35. The largest absolute Gasteiger partial charge is 0.340 e. The van der Waals surface area contributed by atoms with Crippen LogP contribution in [0.5, 0.6) is 0 Å². The van der Waals surface area contributed by atoms with Gasteiger partial charge in [-0.15, -0.1) is 0 Å². The topological polar surface area (TPSA) is 38.1 Å². The van der Waals surface area contributed by atoms with E-state index in [1.54, 1.807) is 12.1 Å². The first-order valence-electron chi connectivity index (χ1n) is 8.67. The van der Waals surface area contributed by atoms with Crippen molar-refractivity contribution < 1.29 is 9.18 Å². The zero-order valence-electron chi connectivity index (χ0n) is 13.9. The number of piperidine rings is 1. The van der Waals surface area contributed by atoms with Crippen molar-refractivity contribution in [2.45, 2.75) is 38.1 Å². The lowest BCUT2D eigenvalue weighted by Gasteiger charge is -2.34. The lowest BCUT2D eigenvalue weighted by molar-refractivity contribution is -0.134. The molecular weight excluding hydrogens is 305 g/mol. The number of carbonyl (C=O) groups excluding carboxylic acids is 1. The highest BCUT2D eigenvalue weighted by molar-refractivity contribution is 5.83. The van der Waals surface area contributed by atoms with Gasteiger partial charge in [-0.05, 0) is 49.8 Å². The second kappa shape index (κ2) is 6.04. The fourth-order valence-electron chi connectivity index (χ4n) is 3.96. The van der Waals surface area contributed by atoms with Crippen LogP contribution in [0.3, 0.4) is 0 Å². The van der Waals surface area contributed by atoms with Gasteiger partial charge in [-0.1, -0.05) is 12.1 Å². The predicted octanol–water partition coefficient (Wildman–Crippen LogP) is 3.30. The molecule has 0 bridgehead atoms. The third-order valence-electron chi connectivity index (χ3n) is 5.35. The molecule has 1 amide bonds. The molecular formula is C19H22FN3O. The molecule has 1 aliphatic carbocycles. The second-order valence-corrected chi connectivity index (χ2v) is 6.97. The zero-order valence-corrected chi connectivity index (χ0v) is 13.9. The number of aromatic nitrogens is 2. The number of benzene rings is 1. The van der Waals surface area contributed by atoms with E-state index in [1.807, 2.05) is 30.3 Å². The van der Waals surface area contributed by atoms with E-state index < -0.39 is 0 Å². The minimum absolute atomic E-state index is 0.0226. The Hall–Kier alpha value is -2.17. The molecule has 1 aromatic carbocycles. The number of hydrogen-bond acceptors (Lipinski definition) is 2. The quantitative estimate of drug-likeness (QED) is 0.867. The van der Waals surface area contributed by atoms with Crippen molar-refractivity contribution in [3.8, 4) is 0 Å². The smallest absolute Gasteiger partial charge is 0.226 e. The second-order valence-electron chi connectivity index (χ2n) is 6.97. The number of nitrogens with zero attached hydrogens (tertiary/aromatic N) is 3. The number of imidazole rings is 1. The Morgan fingerprint density at radius 1 is 1.38 bits per heavy atom. The molecule has 5 heteroatoms. The summed E-state index contributed by atoms with van der Waals surface area (Å²) in [7, 11) is 0. The number of aryl methyl sites for hydroxylation is 1. The average Bonchev–Trinajstić information content (AvgIpc) is 3.28. The third kappa shape index (κ3) is 2.83. The number of hydrogen-bond donors (Lipinski definition) is 0. The molecule has 0 radical (unpaired) electrons. The fraction of sp³-hybridized carbons (Fsp3) is 0.474. The highest BCUT2D eigenvalue weighted by atomic mass is 19.1. The maximum atomic E-state index is 13.4. The normalized spacial score (nSPS) is 26.4. The monoisotopic (exact) mass is 327 g/mol. The van der Waals surface area contributed by atoms with Crippen molar-refractivity contribution >= 4 is 5.91 Å². The van der Waals surface area contributed by atoms with E-state index in [9.17, 15) is 9.18 Å². The number of halogens is 1. The number of likely N-dealkylation sites (tertiary alicyclic amines) is 1. The van der Waals surface area contributed by atoms with Gasteiger partial charge >= 0.3 is 0 Å². The van der Waals surface area contributed by atoms with Crippen molar-refractivity contribution in [1.82, 2.24) is 14.5 Å². The van der Waals surface area contributed by atoms with E-state index >= 15 is 0 Å². The van der Waals surface area contributed by atoms with Crippen LogP contribution in [0.1, 0.15) is 42.6 Å². The van der Waals surface area contributed by atoms with Gasteiger partial charge in [-0.2, -0.15) is 0 Å². The first-order valence-corrected chi connectivity index (χ1v) is 8.67. The molecule has 0 spiro atoms. The van der Waals surface area contributed by atoms with Crippen LogP contribution in [0.15, 0.2) is 36.7 Å². The average molecular weight is 327 g/mol. The van der Waals surface area contributed by atoms with Gasteiger partial charge in [-0.25, -0.2) is 9.37 Å². The molecule has 1 aromatic heterocycles. The molecule has 24 heavy (non-hydrogen) atoms. The molecule has 4 nitrogen and oxygen atoms in total. The van der Waals surface area contributed by atoms with Crippen molar-refractivity contribution in [2.24, 2.45) is 5.92 Å². The van der Waals surface area contributed by atoms with Crippen LogP contribution >= 0.6 is 0 Å². The summed E-state index contributed by atoms with van der Waals surface area (Å²) in [6.07, 6.45) is 6.76. The van der Waals surface area contributed by atoms with Gasteiger partial charge in [0, 0.05) is 31.4 Å². The van der Waals surface area contributed by atoms with E-state index in [-0.39, 0.29) is 23.6 Å². The molecule has 3 atom stereocenters. The highest BCUT2D eigenvalue weighted by Crippen LogP contribution is 2.49. The lowest BCUT2D eigenvalue weighted by atomic mass is 10.0. The minimum Gasteiger partial charge on any atom is -0.340 e. The Morgan fingerprint density at radius 2 is 2.25 bits per heavy atom. The predicted molar refractivity (Wildman–Crippen MR) is 89.1 cm³/mol. The maximum Gasteiger partial charge on any atom is 0.226 e. The number of carbonyl (C=O) groups is 1. The first kappa shape index (κ1) is 15.4. The van der Waals surface area contributed by atoms with E-state index in [0.29, 0.717) is 6.04 Å². The Balaban J connectivity index is 1.43. The maximum absolute atomic E-state index is 13.4. The highest BCUT2D eigenvalue weighted by Gasteiger charge is 2.46. The van der Waals surface area contributed by atoms with E-state index in [2.05, 4.69) is 9.55 Å². The summed E-state index contributed by atoms with van der Waals surface area (Å²) in [5.74, 6) is 1.21. The van der Waals surface area contributed by atoms with Crippen LogP contribution in [0.25, 0.3) is 0 Å². The molecule has 1 saturated heterocycles. The molecule has 126 valence electrons. The summed E-state index contributed by atoms with van der Waals surface area (Å²) < 4.78 is 15.6. The molecule has 2 aliphatic rings. The van der Waals surface area contributed by atoms with Crippen molar-refractivity contribution in [1.29, 1.82) is 0 Å². The Kier molecular flexibility index (Phi) is 3.87. The molecule has 3 unspecified atom stereocenters. The van der Waals surface area contributed by atoms with Gasteiger partial charge < -0.3 is 9.47 Å². The molecule has 1 saturated carbocycles. The SMILES string of the molecule is Cc1nccn1C1CCCN(C(=O)C2CC2c2cccc(F)c2)C1. The lowest BCUT2D eigenvalue weighted by Crippen LogP contribution is -2.41. The van der Waals surface area contributed by atoms with Crippen LogP contribution < -0.4 is 0 Å². The van der Waals surface area contributed by atoms with E-state index in [4.69, 9.17) is 0 Å². The molecule has 1 aliphatic heterocycles. The number of rotatable bonds is 3. The summed E-state index contributed by atoms with van der Waals surface area (Å²) in [4.78, 5) is 19.1. The van der Waals surface area contributed by atoms with Crippen molar-refractivity contribution in [3.63, 3.8) is 0 Å². The molecule has 2 heterocycles. The first-order chi connectivity index (χ1) is 11.6. The molecule has 2 fully saturated rings. The minimum atomic E-state index is -0.223. The Morgan fingerprint density at radius 3 is 3.00 bits per heavy atom. The van der Waals surface area contributed by atoms with Gasteiger partial charge in [0.25, 0.3) is 0 Å². The van der Waals surface area contributed by atoms with E-state index in [1.165, 1.54) is 6.07 Å². The van der Waals surface area contributed by atoms with Gasteiger partial charge in [-0.3, -0.25) is 4.79 Å². The fourth-order valence-corrected chi connectivity index (χ4v) is 3.96. The van der Waals surface area contributed by atoms with Crippen LogP contribution in [0.4, 0.5) is 4.39 Å². The van der Waals surface area contributed by atoms with Crippen LogP contribution in [0.2, 0.25) is 0 Å². The summed E-state index contributed by atoms with van der Waals surface area (Å²) in [6, 6.07) is 6.98. The van der Waals surface area contributed by atoms with E-state index in [0.717, 1.165) is 43.7 Å². The summed E-state index contributed by atoms with van der Waals surface area (Å²) in [6.45, 7) is 3.58. The van der Waals surface area contributed by atoms with Crippen LogP contribution in [-0.4, -0.2) is 33.4 Å². The summed E-state index contributed by atoms with van der Waals surface area (Å²) >= 11 is 0. The number of amides is 1. The van der Waals surface area contributed by atoms with Crippen LogP contribution in [0, 0.1) is 18.7 Å². The van der Waals surface area contributed by atoms with Crippen molar-refractivity contribution in [3.05, 3.63) is 53.9 Å². The van der Waals surface area contributed by atoms with Gasteiger partial charge in [0.1, 0.15) is 11.6 Å². The molecule has 4 rings (SSSR count). The van der Waals surface area contributed by atoms with Gasteiger partial charge in [0.05, 0.1) is 6.04 Å². The van der Waals surface area contributed by atoms with Crippen molar-refractivity contribution in [2.75, 3.05) is 13.1 Å².